The van der Waals surface area contributed by atoms with E-state index in [4.69, 9.17) is 0 Å². The maximum Gasteiger partial charge on any atom is 0.330 e. The topological polar surface area (TPSA) is 66.5 Å². The molecule has 1 spiro atoms. The summed E-state index contributed by atoms with van der Waals surface area (Å²) >= 11 is 0. The van der Waals surface area contributed by atoms with Crippen LogP contribution in [0.15, 0.2) is 0 Å². The molecule has 0 aromatic rings. The standard InChI is InChI=1S/C12H18N2O3/c1-2-3-4-8-14-10(16)12(6-5-7-12)9(15)13-11(14)17/h2-8H2,1H3,(H,13,15,17). The summed E-state index contributed by atoms with van der Waals surface area (Å²) in [5.41, 5.74) is -0.917. The zero-order valence-corrected chi connectivity index (χ0v) is 10.1. The number of nitrogens with zero attached hydrogens (tertiary/aromatic N) is 1. The van der Waals surface area contributed by atoms with Crippen molar-refractivity contribution in [3.05, 3.63) is 0 Å². The summed E-state index contributed by atoms with van der Waals surface area (Å²) in [4.78, 5) is 36.7. The minimum Gasteiger partial charge on any atom is -0.277 e. The fraction of sp³-hybridized carbons (Fsp3) is 0.750. The van der Waals surface area contributed by atoms with Gasteiger partial charge in [-0.3, -0.25) is 19.8 Å². The summed E-state index contributed by atoms with van der Waals surface area (Å²) in [5.74, 6) is -0.681. The molecule has 0 bridgehead atoms. The second-order valence-electron chi connectivity index (χ2n) is 4.86. The molecule has 94 valence electrons. The summed E-state index contributed by atoms with van der Waals surface area (Å²) in [6.45, 7) is 2.49. The van der Waals surface area contributed by atoms with Crippen molar-refractivity contribution in [2.75, 3.05) is 6.54 Å². The minimum absolute atomic E-state index is 0.284. The number of hydrogen-bond donors (Lipinski definition) is 1. The maximum atomic E-state index is 12.2. The van der Waals surface area contributed by atoms with Crippen LogP contribution < -0.4 is 5.32 Å². The van der Waals surface area contributed by atoms with Crippen molar-refractivity contribution in [1.29, 1.82) is 0 Å². The minimum atomic E-state index is -0.917. The van der Waals surface area contributed by atoms with Gasteiger partial charge in [0.05, 0.1) is 0 Å². The average molecular weight is 238 g/mol. The van der Waals surface area contributed by atoms with Crippen molar-refractivity contribution in [2.24, 2.45) is 5.41 Å². The smallest absolute Gasteiger partial charge is 0.277 e. The summed E-state index contributed by atoms with van der Waals surface area (Å²) < 4.78 is 0. The first-order valence-corrected chi connectivity index (χ1v) is 6.29. The molecule has 2 fully saturated rings. The lowest BCUT2D eigenvalue weighted by molar-refractivity contribution is -0.157. The summed E-state index contributed by atoms with van der Waals surface area (Å²) in [5, 5.41) is 2.31. The first kappa shape index (κ1) is 12.1. The second-order valence-corrected chi connectivity index (χ2v) is 4.86. The van der Waals surface area contributed by atoms with Crippen LogP contribution in [0.4, 0.5) is 4.79 Å². The van der Waals surface area contributed by atoms with E-state index in [1.807, 2.05) is 0 Å². The molecule has 0 atom stereocenters. The van der Waals surface area contributed by atoms with Gasteiger partial charge in [0.1, 0.15) is 5.41 Å². The molecule has 0 radical (unpaired) electrons. The average Bonchev–Trinajstić information content (AvgIpc) is 2.20. The number of barbiturate groups is 1. The molecular weight excluding hydrogens is 220 g/mol. The van der Waals surface area contributed by atoms with Gasteiger partial charge >= 0.3 is 6.03 Å². The van der Waals surface area contributed by atoms with E-state index in [-0.39, 0.29) is 5.91 Å². The van der Waals surface area contributed by atoms with Gasteiger partial charge < -0.3 is 0 Å². The largest absolute Gasteiger partial charge is 0.330 e. The Balaban J connectivity index is 2.07. The van der Waals surface area contributed by atoms with Gasteiger partial charge in [-0.1, -0.05) is 26.2 Å². The molecule has 5 nitrogen and oxygen atoms in total. The van der Waals surface area contributed by atoms with Gasteiger partial charge in [-0.25, -0.2) is 4.79 Å². The van der Waals surface area contributed by atoms with Crippen LogP contribution >= 0.6 is 0 Å². The highest BCUT2D eigenvalue weighted by molar-refractivity contribution is 6.19. The molecule has 4 amide bonds. The molecule has 5 heteroatoms. The molecule has 2 aliphatic rings. The Labute approximate surface area is 101 Å². The van der Waals surface area contributed by atoms with Gasteiger partial charge in [-0.05, 0) is 19.3 Å². The first-order valence-electron chi connectivity index (χ1n) is 6.29. The van der Waals surface area contributed by atoms with Crippen molar-refractivity contribution >= 4 is 17.8 Å². The van der Waals surface area contributed by atoms with E-state index in [0.29, 0.717) is 19.4 Å². The Morgan fingerprint density at radius 2 is 1.94 bits per heavy atom. The number of hydrogen-bond acceptors (Lipinski definition) is 3. The van der Waals surface area contributed by atoms with E-state index in [2.05, 4.69) is 12.2 Å². The van der Waals surface area contributed by atoms with Crippen molar-refractivity contribution < 1.29 is 14.4 Å². The Bertz CT molecular complexity index is 361. The summed E-state index contributed by atoms with van der Waals surface area (Å²) in [6, 6.07) is -0.548. The van der Waals surface area contributed by atoms with E-state index in [1.165, 1.54) is 4.90 Å². The molecule has 1 saturated carbocycles. The Kier molecular flexibility index (Phi) is 3.17. The fourth-order valence-corrected chi connectivity index (χ4v) is 2.43. The van der Waals surface area contributed by atoms with E-state index in [9.17, 15) is 14.4 Å². The third kappa shape index (κ3) is 1.83. The molecular formula is C12H18N2O3. The molecule has 1 aliphatic carbocycles. The second kappa shape index (κ2) is 4.47. The van der Waals surface area contributed by atoms with Crippen LogP contribution in [0, 0.1) is 5.41 Å². The molecule has 1 aliphatic heterocycles. The van der Waals surface area contributed by atoms with Crippen LogP contribution in [0.25, 0.3) is 0 Å². The summed E-state index contributed by atoms with van der Waals surface area (Å²) in [6.07, 6.45) is 4.87. The number of carbonyl (C=O) groups is 3. The van der Waals surface area contributed by atoms with Crippen LogP contribution in [0.3, 0.4) is 0 Å². The molecule has 0 aromatic carbocycles. The molecule has 0 unspecified atom stereocenters. The van der Waals surface area contributed by atoms with E-state index >= 15 is 0 Å². The van der Waals surface area contributed by atoms with E-state index in [1.54, 1.807) is 0 Å². The van der Waals surface area contributed by atoms with Crippen LogP contribution in [-0.4, -0.2) is 29.3 Å². The van der Waals surface area contributed by atoms with Crippen LogP contribution in [-0.2, 0) is 9.59 Å². The molecule has 1 N–H and O–H groups in total. The van der Waals surface area contributed by atoms with Gasteiger partial charge in [0.2, 0.25) is 11.8 Å². The summed E-state index contributed by atoms with van der Waals surface area (Å²) in [7, 11) is 0. The lowest BCUT2D eigenvalue weighted by Crippen LogP contribution is -2.66. The van der Waals surface area contributed by atoms with Gasteiger partial charge in [-0.2, -0.15) is 0 Å². The van der Waals surface area contributed by atoms with Crippen molar-refractivity contribution in [3.8, 4) is 0 Å². The van der Waals surface area contributed by atoms with Crippen molar-refractivity contribution in [3.63, 3.8) is 0 Å². The van der Waals surface area contributed by atoms with Crippen LogP contribution in [0.2, 0.25) is 0 Å². The number of rotatable bonds is 4. The highest BCUT2D eigenvalue weighted by Crippen LogP contribution is 2.44. The quantitative estimate of drug-likeness (QED) is 0.595. The Hall–Kier alpha value is -1.39. The number of carbonyl (C=O) groups excluding carboxylic acids is 3. The number of urea groups is 1. The molecule has 2 rings (SSSR count). The van der Waals surface area contributed by atoms with Crippen LogP contribution in [0.5, 0.6) is 0 Å². The molecule has 1 heterocycles. The zero-order chi connectivity index (χ0) is 12.5. The number of unbranched alkanes of at least 4 members (excludes halogenated alkanes) is 2. The van der Waals surface area contributed by atoms with Crippen LogP contribution in [0.1, 0.15) is 45.4 Å². The predicted molar refractivity (Wildman–Crippen MR) is 61.1 cm³/mol. The third-order valence-corrected chi connectivity index (χ3v) is 3.75. The SMILES string of the molecule is CCCCCN1C(=O)NC(=O)C2(CCC2)C1=O. The number of imide groups is 2. The highest BCUT2D eigenvalue weighted by Gasteiger charge is 2.56. The van der Waals surface area contributed by atoms with E-state index < -0.39 is 17.4 Å². The predicted octanol–water partition coefficient (Wildman–Crippen LogP) is 1.43. The normalized spacial score (nSPS) is 22.6. The van der Waals surface area contributed by atoms with E-state index in [0.717, 1.165) is 25.7 Å². The number of amides is 4. The lowest BCUT2D eigenvalue weighted by Gasteiger charge is -2.44. The Morgan fingerprint density at radius 3 is 2.47 bits per heavy atom. The third-order valence-electron chi connectivity index (χ3n) is 3.75. The van der Waals surface area contributed by atoms with Gasteiger partial charge in [0.25, 0.3) is 0 Å². The molecule has 1 saturated heterocycles. The highest BCUT2D eigenvalue weighted by atomic mass is 16.2. The van der Waals surface area contributed by atoms with Gasteiger partial charge in [0, 0.05) is 6.54 Å². The maximum absolute atomic E-state index is 12.2. The molecule has 17 heavy (non-hydrogen) atoms. The monoisotopic (exact) mass is 238 g/mol. The lowest BCUT2D eigenvalue weighted by atomic mass is 9.66. The molecule has 0 aromatic heterocycles. The first-order chi connectivity index (χ1) is 8.12. The number of nitrogens with one attached hydrogen (secondary N) is 1. The van der Waals surface area contributed by atoms with Crippen molar-refractivity contribution in [1.82, 2.24) is 10.2 Å². The van der Waals surface area contributed by atoms with Crippen molar-refractivity contribution in [2.45, 2.75) is 45.4 Å². The zero-order valence-electron chi connectivity index (χ0n) is 10.1. The Morgan fingerprint density at radius 1 is 1.24 bits per heavy atom. The van der Waals surface area contributed by atoms with Gasteiger partial charge in [-0.15, -0.1) is 0 Å². The van der Waals surface area contributed by atoms with Gasteiger partial charge in [0.15, 0.2) is 0 Å². The fourth-order valence-electron chi connectivity index (χ4n) is 2.43.